The molecule has 0 unspecified atom stereocenters. The zero-order valence-electron chi connectivity index (χ0n) is 9.20. The molecule has 0 aliphatic rings. The third-order valence-corrected chi connectivity index (χ3v) is 2.81. The van der Waals surface area contributed by atoms with E-state index in [-0.39, 0.29) is 5.82 Å². The zero-order valence-corrected chi connectivity index (χ0v) is 10.8. The van der Waals surface area contributed by atoms with Crippen molar-refractivity contribution in [1.82, 2.24) is 15.5 Å². The molecule has 0 saturated carbocycles. The highest BCUT2D eigenvalue weighted by Crippen LogP contribution is 2.23. The lowest BCUT2D eigenvalue weighted by molar-refractivity contribution is 0.419. The lowest BCUT2D eigenvalue weighted by atomic mass is 10.2. The molecule has 1 aromatic heterocycles. The summed E-state index contributed by atoms with van der Waals surface area (Å²) in [4.78, 5) is 4.17. The number of nitrogens with zero attached hydrogens (tertiary/aromatic N) is 2. The molecule has 0 aliphatic carbocycles. The van der Waals surface area contributed by atoms with E-state index in [0.29, 0.717) is 28.3 Å². The molecule has 0 fully saturated rings. The van der Waals surface area contributed by atoms with Gasteiger partial charge in [0.1, 0.15) is 5.82 Å². The van der Waals surface area contributed by atoms with Gasteiger partial charge in [-0.2, -0.15) is 4.98 Å². The fraction of sp³-hybridized carbons (Fsp3) is 0.273. The van der Waals surface area contributed by atoms with Crippen LogP contribution >= 0.6 is 15.9 Å². The summed E-state index contributed by atoms with van der Waals surface area (Å²) in [6.07, 6.45) is 0. The first-order chi connectivity index (χ1) is 8.20. The van der Waals surface area contributed by atoms with Crippen LogP contribution < -0.4 is 5.32 Å². The van der Waals surface area contributed by atoms with E-state index >= 15 is 0 Å². The van der Waals surface area contributed by atoms with Crippen molar-refractivity contribution in [1.29, 1.82) is 0 Å². The topological polar surface area (TPSA) is 51.0 Å². The van der Waals surface area contributed by atoms with Gasteiger partial charge in [-0.15, -0.1) is 0 Å². The van der Waals surface area contributed by atoms with E-state index in [1.165, 1.54) is 6.07 Å². The first-order valence-corrected chi connectivity index (χ1v) is 5.98. The molecule has 0 aliphatic heterocycles. The third kappa shape index (κ3) is 2.89. The van der Waals surface area contributed by atoms with Crippen molar-refractivity contribution in [3.63, 3.8) is 0 Å². The second-order valence-corrected chi connectivity index (χ2v) is 4.28. The van der Waals surface area contributed by atoms with Crippen LogP contribution in [0.3, 0.4) is 0 Å². The summed E-state index contributed by atoms with van der Waals surface area (Å²) in [5.74, 6) is 0.531. The van der Waals surface area contributed by atoms with Gasteiger partial charge in [0, 0.05) is 5.56 Å². The van der Waals surface area contributed by atoms with Crippen molar-refractivity contribution < 1.29 is 8.91 Å². The number of hydrogen-bond acceptors (Lipinski definition) is 4. The molecule has 0 bridgehead atoms. The third-order valence-electron chi connectivity index (χ3n) is 2.17. The van der Waals surface area contributed by atoms with E-state index in [9.17, 15) is 4.39 Å². The Hall–Kier alpha value is -1.27. The summed E-state index contributed by atoms with van der Waals surface area (Å²) in [6, 6.07) is 4.69. The number of hydrogen-bond donors (Lipinski definition) is 1. The van der Waals surface area contributed by atoms with Crippen LogP contribution in [0.25, 0.3) is 11.5 Å². The first kappa shape index (κ1) is 12.2. The second-order valence-electron chi connectivity index (χ2n) is 3.42. The molecule has 1 heterocycles. The molecule has 4 nitrogen and oxygen atoms in total. The maximum atomic E-state index is 13.3. The van der Waals surface area contributed by atoms with Gasteiger partial charge in [-0.1, -0.05) is 12.1 Å². The molecule has 0 amide bonds. The molecular weight excluding hydrogens is 289 g/mol. The quantitative estimate of drug-likeness (QED) is 0.943. The number of rotatable bonds is 4. The van der Waals surface area contributed by atoms with Crippen LogP contribution in [0.2, 0.25) is 0 Å². The van der Waals surface area contributed by atoms with Crippen molar-refractivity contribution in [2.24, 2.45) is 0 Å². The Bertz CT molecular complexity index is 515. The predicted molar refractivity (Wildman–Crippen MR) is 64.8 cm³/mol. The number of benzene rings is 1. The molecule has 2 rings (SSSR count). The van der Waals surface area contributed by atoms with Gasteiger partial charge in [0.2, 0.25) is 0 Å². The van der Waals surface area contributed by atoms with E-state index < -0.39 is 0 Å². The maximum Gasteiger partial charge on any atom is 0.258 e. The lowest BCUT2D eigenvalue weighted by Crippen LogP contribution is -2.12. The Morgan fingerprint density at radius 3 is 3.00 bits per heavy atom. The normalized spacial score (nSPS) is 10.8. The molecule has 1 aromatic carbocycles. The average Bonchev–Trinajstić information content (AvgIpc) is 2.79. The van der Waals surface area contributed by atoms with E-state index in [4.69, 9.17) is 4.52 Å². The summed E-state index contributed by atoms with van der Waals surface area (Å²) in [5, 5.41) is 6.88. The minimum atomic E-state index is -0.353. The molecule has 17 heavy (non-hydrogen) atoms. The molecule has 6 heteroatoms. The molecule has 0 spiro atoms. The number of aromatic nitrogens is 2. The monoisotopic (exact) mass is 299 g/mol. The SMILES string of the molecule is CCNCc1noc(-c2ccc(Br)c(F)c2)n1. The Morgan fingerprint density at radius 1 is 1.47 bits per heavy atom. The van der Waals surface area contributed by atoms with Crippen molar-refractivity contribution in [3.8, 4) is 11.5 Å². The van der Waals surface area contributed by atoms with Gasteiger partial charge in [0.15, 0.2) is 5.82 Å². The van der Waals surface area contributed by atoms with Gasteiger partial charge in [-0.25, -0.2) is 4.39 Å². The highest BCUT2D eigenvalue weighted by molar-refractivity contribution is 9.10. The molecular formula is C11H11BrFN3O. The van der Waals surface area contributed by atoms with Gasteiger partial charge in [0.05, 0.1) is 11.0 Å². The lowest BCUT2D eigenvalue weighted by Gasteiger charge is -1.96. The Kier molecular flexibility index (Phi) is 3.86. The van der Waals surface area contributed by atoms with Gasteiger partial charge < -0.3 is 9.84 Å². The van der Waals surface area contributed by atoms with E-state index in [1.807, 2.05) is 6.92 Å². The first-order valence-electron chi connectivity index (χ1n) is 5.19. The summed E-state index contributed by atoms with van der Waals surface area (Å²) in [6.45, 7) is 3.36. The van der Waals surface area contributed by atoms with Gasteiger partial charge >= 0.3 is 0 Å². The largest absolute Gasteiger partial charge is 0.334 e. The van der Waals surface area contributed by atoms with Crippen LogP contribution in [-0.2, 0) is 6.54 Å². The number of nitrogens with one attached hydrogen (secondary N) is 1. The fourth-order valence-electron chi connectivity index (χ4n) is 1.31. The summed E-state index contributed by atoms with van der Waals surface area (Å²) in [7, 11) is 0. The fourth-order valence-corrected chi connectivity index (χ4v) is 1.56. The van der Waals surface area contributed by atoms with E-state index in [1.54, 1.807) is 12.1 Å². The van der Waals surface area contributed by atoms with Gasteiger partial charge in [-0.3, -0.25) is 0 Å². The van der Waals surface area contributed by atoms with Crippen LogP contribution in [0.4, 0.5) is 4.39 Å². The average molecular weight is 300 g/mol. The van der Waals surface area contributed by atoms with Crippen LogP contribution in [0.15, 0.2) is 27.2 Å². The summed E-state index contributed by atoms with van der Waals surface area (Å²) in [5.41, 5.74) is 0.570. The second kappa shape index (κ2) is 5.37. The van der Waals surface area contributed by atoms with Crippen molar-refractivity contribution in [2.45, 2.75) is 13.5 Å². The predicted octanol–water partition coefficient (Wildman–Crippen LogP) is 2.75. The Balaban J connectivity index is 2.21. The Morgan fingerprint density at radius 2 is 2.29 bits per heavy atom. The van der Waals surface area contributed by atoms with Crippen molar-refractivity contribution >= 4 is 15.9 Å². The van der Waals surface area contributed by atoms with Gasteiger partial charge in [-0.05, 0) is 40.7 Å². The van der Waals surface area contributed by atoms with Crippen LogP contribution in [0.5, 0.6) is 0 Å². The molecule has 1 N–H and O–H groups in total. The van der Waals surface area contributed by atoms with E-state index in [0.717, 1.165) is 6.54 Å². The minimum absolute atomic E-state index is 0.323. The standard InChI is InChI=1S/C11H11BrFN3O/c1-2-14-6-10-15-11(17-16-10)7-3-4-8(12)9(13)5-7/h3-5,14H,2,6H2,1H3. The summed E-state index contributed by atoms with van der Waals surface area (Å²) >= 11 is 3.09. The van der Waals surface area contributed by atoms with E-state index in [2.05, 4.69) is 31.4 Å². The van der Waals surface area contributed by atoms with Crippen molar-refractivity contribution in [2.75, 3.05) is 6.54 Å². The smallest absolute Gasteiger partial charge is 0.258 e. The molecule has 0 atom stereocenters. The number of halogens is 2. The highest BCUT2D eigenvalue weighted by atomic mass is 79.9. The van der Waals surface area contributed by atoms with Gasteiger partial charge in [0.25, 0.3) is 5.89 Å². The molecule has 90 valence electrons. The maximum absolute atomic E-state index is 13.3. The van der Waals surface area contributed by atoms with Crippen LogP contribution in [0.1, 0.15) is 12.7 Å². The summed E-state index contributed by atoms with van der Waals surface area (Å²) < 4.78 is 18.8. The minimum Gasteiger partial charge on any atom is -0.334 e. The molecule has 2 aromatic rings. The van der Waals surface area contributed by atoms with Crippen molar-refractivity contribution in [3.05, 3.63) is 34.3 Å². The zero-order chi connectivity index (χ0) is 12.3. The van der Waals surface area contributed by atoms with Crippen LogP contribution in [0, 0.1) is 5.82 Å². The van der Waals surface area contributed by atoms with Crippen LogP contribution in [-0.4, -0.2) is 16.7 Å². The highest BCUT2D eigenvalue weighted by Gasteiger charge is 2.10. The molecule has 0 radical (unpaired) electrons. The molecule has 0 saturated heterocycles. The Labute approximate surface area is 106 Å².